The smallest absolute Gasteiger partial charge is 0.232 e. The van der Waals surface area contributed by atoms with Crippen LogP contribution in [0.25, 0.3) is 0 Å². The summed E-state index contributed by atoms with van der Waals surface area (Å²) in [7, 11) is -3.34. The van der Waals surface area contributed by atoms with E-state index in [2.05, 4.69) is 12.2 Å². The molecule has 0 spiro atoms. The molecular weight excluding hydrogens is 300 g/mol. The zero-order chi connectivity index (χ0) is 16.4. The van der Waals surface area contributed by atoms with Gasteiger partial charge in [-0.2, -0.15) is 0 Å². The molecule has 1 aromatic carbocycles. The molecule has 0 atom stereocenters. The van der Waals surface area contributed by atoms with Gasteiger partial charge in [-0.1, -0.05) is 38.0 Å². The minimum Gasteiger partial charge on any atom is -0.356 e. The van der Waals surface area contributed by atoms with E-state index in [-0.39, 0.29) is 5.91 Å². The molecule has 0 aliphatic carbocycles. The van der Waals surface area contributed by atoms with Gasteiger partial charge in [0.25, 0.3) is 0 Å². The number of amides is 1. The van der Waals surface area contributed by atoms with Crippen molar-refractivity contribution >= 4 is 21.6 Å². The quantitative estimate of drug-likeness (QED) is 0.672. The van der Waals surface area contributed by atoms with Crippen molar-refractivity contribution in [3.63, 3.8) is 0 Å². The summed E-state index contributed by atoms with van der Waals surface area (Å²) in [4.78, 5) is 11.7. The van der Waals surface area contributed by atoms with Crippen molar-refractivity contribution in [2.24, 2.45) is 0 Å². The van der Waals surface area contributed by atoms with Gasteiger partial charge in [-0.3, -0.25) is 9.10 Å². The molecule has 6 heteroatoms. The van der Waals surface area contributed by atoms with Gasteiger partial charge < -0.3 is 5.32 Å². The summed E-state index contributed by atoms with van der Waals surface area (Å²) >= 11 is 0. The van der Waals surface area contributed by atoms with Crippen LogP contribution in [0.4, 0.5) is 5.69 Å². The molecule has 1 N–H and O–H groups in total. The van der Waals surface area contributed by atoms with E-state index in [1.54, 1.807) is 24.3 Å². The van der Waals surface area contributed by atoms with Gasteiger partial charge in [0.1, 0.15) is 0 Å². The summed E-state index contributed by atoms with van der Waals surface area (Å²) in [5.74, 6) is -0.0161. The fraction of sp³-hybridized carbons (Fsp3) is 0.562. The van der Waals surface area contributed by atoms with Crippen LogP contribution in [0.5, 0.6) is 0 Å². The van der Waals surface area contributed by atoms with Crippen molar-refractivity contribution in [2.75, 3.05) is 23.7 Å². The van der Waals surface area contributed by atoms with E-state index in [0.717, 1.165) is 19.3 Å². The number of nitrogens with one attached hydrogen (secondary N) is 1. The number of carbonyl (C=O) groups excluding carboxylic acids is 1. The van der Waals surface area contributed by atoms with Crippen LogP contribution < -0.4 is 9.62 Å². The van der Waals surface area contributed by atoms with E-state index in [1.165, 1.54) is 10.6 Å². The zero-order valence-electron chi connectivity index (χ0n) is 13.4. The summed E-state index contributed by atoms with van der Waals surface area (Å²) in [5, 5.41) is 2.86. The van der Waals surface area contributed by atoms with Crippen LogP contribution in [0.1, 0.15) is 39.0 Å². The van der Waals surface area contributed by atoms with Gasteiger partial charge in [-0.25, -0.2) is 8.42 Å². The molecule has 0 fully saturated rings. The molecule has 0 aliphatic rings. The molecule has 124 valence electrons. The number of unbranched alkanes of at least 4 members (excludes halogenated alkanes) is 2. The minimum atomic E-state index is -3.34. The largest absolute Gasteiger partial charge is 0.356 e. The molecule has 0 radical (unpaired) electrons. The molecule has 0 saturated heterocycles. The molecule has 22 heavy (non-hydrogen) atoms. The second kappa shape index (κ2) is 9.46. The standard InChI is InChI=1S/C16H26N2O3S/c1-3-4-8-13-17-16(19)12-9-14-18(22(2,20)21)15-10-6-5-7-11-15/h5-7,10-11H,3-4,8-9,12-14H2,1-2H3,(H,17,19). The molecule has 0 saturated carbocycles. The van der Waals surface area contributed by atoms with Gasteiger partial charge in [-0.05, 0) is 25.0 Å². The van der Waals surface area contributed by atoms with Crippen LogP contribution in [-0.2, 0) is 14.8 Å². The predicted octanol–water partition coefficient (Wildman–Crippen LogP) is 2.54. The molecule has 0 heterocycles. The SMILES string of the molecule is CCCCCNC(=O)CCCN(c1ccccc1)S(C)(=O)=O. The Hall–Kier alpha value is -1.56. The van der Waals surface area contributed by atoms with Crippen molar-refractivity contribution in [3.8, 4) is 0 Å². The summed E-state index contributed by atoms with van der Waals surface area (Å²) < 4.78 is 25.1. The van der Waals surface area contributed by atoms with E-state index in [9.17, 15) is 13.2 Å². The fourth-order valence-corrected chi connectivity index (χ4v) is 3.12. The lowest BCUT2D eigenvalue weighted by molar-refractivity contribution is -0.121. The zero-order valence-corrected chi connectivity index (χ0v) is 14.2. The average Bonchev–Trinajstić information content (AvgIpc) is 2.48. The number of nitrogens with zero attached hydrogens (tertiary/aromatic N) is 1. The first-order valence-corrected chi connectivity index (χ1v) is 9.59. The highest BCUT2D eigenvalue weighted by molar-refractivity contribution is 7.92. The number of rotatable bonds is 10. The number of hydrogen-bond donors (Lipinski definition) is 1. The maximum Gasteiger partial charge on any atom is 0.232 e. The summed E-state index contributed by atoms with van der Waals surface area (Å²) in [5.41, 5.74) is 0.633. The third kappa shape index (κ3) is 6.93. The highest BCUT2D eigenvalue weighted by Gasteiger charge is 2.17. The number of para-hydroxylation sites is 1. The fourth-order valence-electron chi connectivity index (χ4n) is 2.16. The van der Waals surface area contributed by atoms with Gasteiger partial charge >= 0.3 is 0 Å². The molecule has 1 rings (SSSR count). The summed E-state index contributed by atoms with van der Waals surface area (Å²) in [6.45, 7) is 3.12. The predicted molar refractivity (Wildman–Crippen MR) is 90.4 cm³/mol. The van der Waals surface area contributed by atoms with Gasteiger partial charge in [0, 0.05) is 19.5 Å². The van der Waals surface area contributed by atoms with Crippen molar-refractivity contribution in [1.82, 2.24) is 5.32 Å². The highest BCUT2D eigenvalue weighted by atomic mass is 32.2. The number of sulfonamides is 1. The second-order valence-electron chi connectivity index (χ2n) is 5.33. The van der Waals surface area contributed by atoms with Crippen LogP contribution in [0.2, 0.25) is 0 Å². The van der Waals surface area contributed by atoms with E-state index < -0.39 is 10.0 Å². The number of benzene rings is 1. The van der Waals surface area contributed by atoms with Crippen LogP contribution in [0.15, 0.2) is 30.3 Å². The van der Waals surface area contributed by atoms with E-state index in [4.69, 9.17) is 0 Å². The minimum absolute atomic E-state index is 0.0161. The monoisotopic (exact) mass is 326 g/mol. The molecule has 1 amide bonds. The van der Waals surface area contributed by atoms with Crippen molar-refractivity contribution in [3.05, 3.63) is 30.3 Å². The Morgan fingerprint density at radius 1 is 1.14 bits per heavy atom. The van der Waals surface area contributed by atoms with Gasteiger partial charge in [0.2, 0.25) is 15.9 Å². The number of hydrogen-bond acceptors (Lipinski definition) is 3. The molecular formula is C16H26N2O3S. The lowest BCUT2D eigenvalue weighted by atomic mass is 10.2. The first-order chi connectivity index (χ1) is 10.4. The van der Waals surface area contributed by atoms with Crippen molar-refractivity contribution in [1.29, 1.82) is 0 Å². The summed E-state index contributed by atoms with van der Waals surface area (Å²) in [6, 6.07) is 8.95. The average molecular weight is 326 g/mol. The molecule has 0 aromatic heterocycles. The van der Waals surface area contributed by atoms with Gasteiger partial charge in [0.05, 0.1) is 11.9 Å². The molecule has 0 unspecified atom stereocenters. The van der Waals surface area contributed by atoms with E-state index in [0.29, 0.717) is 31.6 Å². The first-order valence-electron chi connectivity index (χ1n) is 7.74. The molecule has 5 nitrogen and oxygen atoms in total. The normalized spacial score (nSPS) is 11.2. The Labute approximate surface area is 133 Å². The number of anilines is 1. The molecule has 0 bridgehead atoms. The Kier molecular flexibility index (Phi) is 7.95. The maximum atomic E-state index is 11.9. The first kappa shape index (κ1) is 18.5. The topological polar surface area (TPSA) is 66.5 Å². The van der Waals surface area contributed by atoms with E-state index >= 15 is 0 Å². The van der Waals surface area contributed by atoms with E-state index in [1.807, 2.05) is 6.07 Å². The Balaban J connectivity index is 2.44. The van der Waals surface area contributed by atoms with Gasteiger partial charge in [0.15, 0.2) is 0 Å². The van der Waals surface area contributed by atoms with Crippen LogP contribution in [0.3, 0.4) is 0 Å². The lowest BCUT2D eigenvalue weighted by Gasteiger charge is -2.22. The van der Waals surface area contributed by atoms with Crippen molar-refractivity contribution < 1.29 is 13.2 Å². The van der Waals surface area contributed by atoms with Crippen molar-refractivity contribution in [2.45, 2.75) is 39.0 Å². The third-order valence-electron chi connectivity index (χ3n) is 3.31. The second-order valence-corrected chi connectivity index (χ2v) is 7.24. The third-order valence-corrected chi connectivity index (χ3v) is 4.51. The van der Waals surface area contributed by atoms with Crippen LogP contribution >= 0.6 is 0 Å². The Morgan fingerprint density at radius 2 is 1.82 bits per heavy atom. The van der Waals surface area contributed by atoms with Gasteiger partial charge in [-0.15, -0.1) is 0 Å². The maximum absolute atomic E-state index is 11.9. The number of carbonyl (C=O) groups is 1. The van der Waals surface area contributed by atoms with Crippen LogP contribution in [0, 0.1) is 0 Å². The Morgan fingerprint density at radius 3 is 2.41 bits per heavy atom. The highest BCUT2D eigenvalue weighted by Crippen LogP contribution is 2.17. The van der Waals surface area contributed by atoms with Crippen LogP contribution in [-0.4, -0.2) is 33.7 Å². The lowest BCUT2D eigenvalue weighted by Crippen LogP contribution is -2.32. The summed E-state index contributed by atoms with van der Waals surface area (Å²) in [6.07, 6.45) is 5.24. The molecule has 1 aromatic rings. The molecule has 0 aliphatic heterocycles. The Bertz CT molecular complexity index is 544.